The van der Waals surface area contributed by atoms with Gasteiger partial charge in [-0.25, -0.2) is 0 Å². The highest BCUT2D eigenvalue weighted by Crippen LogP contribution is 2.34. The number of aryl methyl sites for hydroxylation is 1. The van der Waals surface area contributed by atoms with Gasteiger partial charge in [-0.3, -0.25) is 9.69 Å². The Morgan fingerprint density at radius 1 is 0.976 bits per heavy atom. The number of furan rings is 1. The number of hydrogen-bond donors (Lipinski definition) is 1. The molecule has 0 aliphatic carbocycles. The monoisotopic (exact) mass is 590 g/mol. The van der Waals surface area contributed by atoms with Gasteiger partial charge in [0.2, 0.25) is 5.91 Å². The molecule has 5 nitrogen and oxygen atoms in total. The van der Waals surface area contributed by atoms with Crippen molar-refractivity contribution >= 4 is 17.7 Å². The molecule has 1 fully saturated rings. The zero-order valence-corrected chi connectivity index (χ0v) is 25.2. The van der Waals surface area contributed by atoms with Gasteiger partial charge in [-0.1, -0.05) is 57.2 Å². The lowest BCUT2D eigenvalue weighted by Crippen LogP contribution is -2.35. The van der Waals surface area contributed by atoms with Gasteiger partial charge in [0.25, 0.3) is 0 Å². The summed E-state index contributed by atoms with van der Waals surface area (Å²) in [4.78, 5) is 14.7. The van der Waals surface area contributed by atoms with Gasteiger partial charge >= 0.3 is 6.18 Å². The highest BCUT2D eigenvalue weighted by molar-refractivity contribution is 7.99. The van der Waals surface area contributed by atoms with E-state index in [1.807, 2.05) is 20.8 Å². The van der Waals surface area contributed by atoms with E-state index in [4.69, 9.17) is 9.15 Å². The van der Waals surface area contributed by atoms with Crippen LogP contribution < -0.4 is 5.32 Å². The summed E-state index contributed by atoms with van der Waals surface area (Å²) >= 11 is 1.53. The maximum Gasteiger partial charge on any atom is 0.416 e. The number of alkyl halides is 3. The smallest absolute Gasteiger partial charge is 0.416 e. The predicted octanol–water partition coefficient (Wildman–Crippen LogP) is 7.29. The maximum absolute atomic E-state index is 12.7. The summed E-state index contributed by atoms with van der Waals surface area (Å²) in [5.74, 6) is 2.63. The molecule has 3 aromatic rings. The van der Waals surface area contributed by atoms with Gasteiger partial charge in [-0.15, -0.1) is 11.8 Å². The molecule has 2 aromatic carbocycles. The average Bonchev–Trinajstić information content (AvgIpc) is 3.29. The van der Waals surface area contributed by atoms with Crippen LogP contribution in [-0.4, -0.2) is 49.4 Å². The van der Waals surface area contributed by atoms with E-state index >= 15 is 0 Å². The number of morpholine rings is 1. The second-order valence-electron chi connectivity index (χ2n) is 9.67. The Labute approximate surface area is 245 Å². The number of hydrogen-bond acceptors (Lipinski definition) is 5. The predicted molar refractivity (Wildman–Crippen MR) is 160 cm³/mol. The third-order valence-corrected chi connectivity index (χ3v) is 7.85. The Kier molecular flexibility index (Phi) is 12.8. The van der Waals surface area contributed by atoms with Crippen molar-refractivity contribution in [1.29, 1.82) is 0 Å². The molecule has 224 valence electrons. The normalized spacial score (nSPS) is 13.9. The molecule has 1 aliphatic heterocycles. The fraction of sp³-hybridized carbons (Fsp3) is 0.469. The molecule has 0 radical (unpaired) electrons. The molecule has 0 spiro atoms. The van der Waals surface area contributed by atoms with Crippen molar-refractivity contribution in [3.8, 4) is 11.3 Å². The summed E-state index contributed by atoms with van der Waals surface area (Å²) in [5, 5.41) is 2.86. The molecule has 9 heteroatoms. The van der Waals surface area contributed by atoms with Crippen LogP contribution in [0.2, 0.25) is 0 Å². The zero-order valence-electron chi connectivity index (χ0n) is 24.4. The third-order valence-electron chi connectivity index (χ3n) is 6.89. The van der Waals surface area contributed by atoms with Gasteiger partial charge in [0, 0.05) is 48.6 Å². The molecule has 1 aliphatic rings. The first-order chi connectivity index (χ1) is 19.7. The second kappa shape index (κ2) is 16.0. The first-order valence-corrected chi connectivity index (χ1v) is 15.4. The number of nitrogens with one attached hydrogen (secondary N) is 1. The molecular formula is C32H41F3N2O3S. The van der Waals surface area contributed by atoms with E-state index in [1.54, 1.807) is 0 Å². The van der Waals surface area contributed by atoms with Gasteiger partial charge in [-0.2, -0.15) is 13.2 Å². The molecule has 1 N–H and O–H groups in total. The number of thioether (sulfide) groups is 1. The molecule has 4 rings (SSSR count). The van der Waals surface area contributed by atoms with Crippen molar-refractivity contribution in [1.82, 2.24) is 10.2 Å². The minimum absolute atomic E-state index is 0.0952. The van der Waals surface area contributed by atoms with E-state index in [-0.39, 0.29) is 5.91 Å². The van der Waals surface area contributed by atoms with Crippen molar-refractivity contribution in [2.45, 2.75) is 59.0 Å². The first kappa shape index (κ1) is 32.8. The number of amides is 1. The van der Waals surface area contributed by atoms with Crippen LogP contribution in [0, 0.1) is 6.92 Å². The fourth-order valence-electron chi connectivity index (χ4n) is 4.70. The van der Waals surface area contributed by atoms with Gasteiger partial charge in [0.15, 0.2) is 0 Å². The highest BCUT2D eigenvalue weighted by Gasteiger charge is 2.29. The van der Waals surface area contributed by atoms with Gasteiger partial charge in [0.05, 0.1) is 24.5 Å². The third kappa shape index (κ3) is 9.65. The quantitative estimate of drug-likeness (QED) is 0.254. The van der Waals surface area contributed by atoms with Crippen molar-refractivity contribution < 1.29 is 27.1 Å². The fourth-order valence-corrected chi connectivity index (χ4v) is 5.68. The number of ether oxygens (including phenoxy) is 1. The van der Waals surface area contributed by atoms with E-state index < -0.39 is 11.7 Å². The summed E-state index contributed by atoms with van der Waals surface area (Å²) in [5.41, 5.74) is 4.70. The van der Waals surface area contributed by atoms with Crippen LogP contribution in [-0.2, 0) is 40.8 Å². The lowest BCUT2D eigenvalue weighted by molar-refractivity contribution is -0.137. The van der Waals surface area contributed by atoms with E-state index in [0.717, 1.165) is 79.6 Å². The van der Waals surface area contributed by atoms with Crippen molar-refractivity contribution in [2.75, 3.05) is 38.6 Å². The number of carbonyl (C=O) groups excluding carboxylic acids is 1. The van der Waals surface area contributed by atoms with E-state index in [0.29, 0.717) is 24.5 Å². The molecule has 1 aromatic heterocycles. The van der Waals surface area contributed by atoms with Crippen LogP contribution in [0.3, 0.4) is 0 Å². The number of nitrogens with zero attached hydrogens (tertiary/aromatic N) is 1. The van der Waals surface area contributed by atoms with Crippen LogP contribution in [0.5, 0.6) is 0 Å². The Bertz CT molecular complexity index is 1220. The Hall–Kier alpha value is -2.75. The molecule has 0 bridgehead atoms. The van der Waals surface area contributed by atoms with E-state index in [1.165, 1.54) is 35.0 Å². The summed E-state index contributed by atoms with van der Waals surface area (Å²) in [6.07, 6.45) is -3.04. The molecule has 0 atom stereocenters. The molecule has 0 unspecified atom stereocenters. The summed E-state index contributed by atoms with van der Waals surface area (Å²) < 4.78 is 49.7. The van der Waals surface area contributed by atoms with Crippen molar-refractivity contribution in [3.63, 3.8) is 0 Å². The molecule has 1 saturated heterocycles. The number of halogens is 3. The molecule has 1 amide bonds. The minimum atomic E-state index is -4.34. The van der Waals surface area contributed by atoms with E-state index in [9.17, 15) is 18.0 Å². The Balaban J connectivity index is 0.00000226. The van der Waals surface area contributed by atoms with Crippen molar-refractivity contribution in [2.24, 2.45) is 0 Å². The Morgan fingerprint density at radius 3 is 2.22 bits per heavy atom. The summed E-state index contributed by atoms with van der Waals surface area (Å²) in [7, 11) is 0. The number of rotatable bonds is 11. The minimum Gasteiger partial charge on any atom is -0.461 e. The first-order valence-electron chi connectivity index (χ1n) is 14.3. The second-order valence-corrected chi connectivity index (χ2v) is 10.7. The van der Waals surface area contributed by atoms with Crippen LogP contribution >= 0.6 is 11.8 Å². The lowest BCUT2D eigenvalue weighted by atomic mass is 10.0. The summed E-state index contributed by atoms with van der Waals surface area (Å²) in [6.45, 7) is 12.9. The van der Waals surface area contributed by atoms with Crippen LogP contribution in [0.4, 0.5) is 13.2 Å². The molecule has 41 heavy (non-hydrogen) atoms. The summed E-state index contributed by atoms with van der Waals surface area (Å²) in [6, 6.07) is 13.6. The topological polar surface area (TPSA) is 54.7 Å². The Morgan fingerprint density at radius 2 is 1.61 bits per heavy atom. The highest BCUT2D eigenvalue weighted by atomic mass is 32.2. The van der Waals surface area contributed by atoms with E-state index in [2.05, 4.69) is 41.4 Å². The standard InChI is InChI=1S/C30H35F3N2O3S.C2H6/c1-3-26-27(19-39-20-28(36)34-13-12-22-6-10-25(11-7-22)30(31,32)33)21(2)38-29(26)24-8-4-23(5-9-24)18-35-14-16-37-17-15-35;1-2/h4-11H,3,12-20H2,1-2H3,(H,34,36);1-2H3. The molecular weight excluding hydrogens is 549 g/mol. The maximum atomic E-state index is 12.7. The van der Waals surface area contributed by atoms with Crippen LogP contribution in [0.1, 0.15) is 54.3 Å². The molecule has 0 saturated carbocycles. The lowest BCUT2D eigenvalue weighted by Gasteiger charge is -2.26. The number of carbonyl (C=O) groups is 1. The SMILES string of the molecule is CC.CCc1c(-c2ccc(CN3CCOCC3)cc2)oc(C)c1CSCC(=O)NCCc1ccc(C(F)(F)F)cc1. The molecule has 2 heterocycles. The zero-order chi connectivity index (χ0) is 29.8. The van der Waals surface area contributed by atoms with Gasteiger partial charge in [0.1, 0.15) is 11.5 Å². The van der Waals surface area contributed by atoms with Crippen molar-refractivity contribution in [3.05, 3.63) is 82.1 Å². The van der Waals surface area contributed by atoms with Gasteiger partial charge < -0.3 is 14.5 Å². The van der Waals surface area contributed by atoms with Gasteiger partial charge in [-0.05, 0) is 43.0 Å². The van der Waals surface area contributed by atoms with Crippen LogP contribution in [0.15, 0.2) is 52.9 Å². The number of benzene rings is 2. The van der Waals surface area contributed by atoms with Crippen LogP contribution in [0.25, 0.3) is 11.3 Å². The average molecular weight is 591 g/mol. The largest absolute Gasteiger partial charge is 0.461 e.